The summed E-state index contributed by atoms with van der Waals surface area (Å²) in [6.45, 7) is 13.2. The highest BCUT2D eigenvalue weighted by molar-refractivity contribution is 5.66. The Balaban J connectivity index is 4.70. The highest BCUT2D eigenvalue weighted by Crippen LogP contribution is 2.24. The van der Waals surface area contributed by atoms with Gasteiger partial charge in [-0.25, -0.2) is 0 Å². The molecule has 0 bridgehead atoms. The molecule has 1 atom stereocenters. The second-order valence-corrected chi connectivity index (χ2v) is 6.52. The maximum absolute atomic E-state index is 10.7. The first-order valence-corrected chi connectivity index (χ1v) is 6.53. The Hall–Kier alpha value is -0.610. The molecule has 0 aliphatic carbocycles. The first-order chi connectivity index (χ1) is 7.99. The normalized spacial score (nSPS) is 14.9. The minimum absolute atomic E-state index is 0.0430. The van der Waals surface area contributed by atoms with Crippen molar-refractivity contribution in [2.24, 2.45) is 0 Å². The van der Waals surface area contributed by atoms with E-state index in [4.69, 9.17) is 9.84 Å². The number of ether oxygens (including phenoxy) is 1. The Morgan fingerprint density at radius 1 is 1.28 bits per heavy atom. The van der Waals surface area contributed by atoms with Gasteiger partial charge < -0.3 is 9.84 Å². The molecule has 0 aromatic heterocycles. The number of nitrogens with zero attached hydrogens (tertiary/aromatic N) is 1. The smallest absolute Gasteiger partial charge is 0.304 e. The van der Waals surface area contributed by atoms with Gasteiger partial charge in [0.2, 0.25) is 0 Å². The maximum Gasteiger partial charge on any atom is 0.304 e. The van der Waals surface area contributed by atoms with E-state index >= 15 is 0 Å². The third-order valence-electron chi connectivity index (χ3n) is 3.30. The molecule has 0 saturated heterocycles. The third kappa shape index (κ3) is 6.36. The van der Waals surface area contributed by atoms with Crippen LogP contribution < -0.4 is 0 Å². The quantitative estimate of drug-likeness (QED) is 0.764. The fourth-order valence-electron chi connectivity index (χ4n) is 2.34. The summed E-state index contributed by atoms with van der Waals surface area (Å²) in [4.78, 5) is 13.0. The molecule has 1 unspecified atom stereocenters. The van der Waals surface area contributed by atoms with E-state index in [1.807, 2.05) is 0 Å². The molecular formula is C14H29NO3. The Kier molecular flexibility index (Phi) is 6.30. The van der Waals surface area contributed by atoms with E-state index in [1.54, 1.807) is 7.11 Å². The molecule has 4 heteroatoms. The molecule has 0 fully saturated rings. The number of hydrogen-bond acceptors (Lipinski definition) is 3. The zero-order valence-electron chi connectivity index (χ0n) is 12.9. The van der Waals surface area contributed by atoms with E-state index in [0.717, 1.165) is 6.42 Å². The summed E-state index contributed by atoms with van der Waals surface area (Å²) in [5, 5.41) is 8.84. The van der Waals surface area contributed by atoms with Crippen molar-refractivity contribution >= 4 is 5.97 Å². The molecule has 1 N–H and O–H groups in total. The fraction of sp³-hybridized carbons (Fsp3) is 0.929. The third-order valence-corrected chi connectivity index (χ3v) is 3.30. The summed E-state index contributed by atoms with van der Waals surface area (Å²) >= 11 is 0. The van der Waals surface area contributed by atoms with E-state index in [-0.39, 0.29) is 23.6 Å². The standard InChI is InChI=1S/C14H29NO3/c1-11(10-14(5,6)18-7)15(13(2,3)4)9-8-12(16)17/h11H,8-10H2,1-7H3,(H,16,17). The van der Waals surface area contributed by atoms with Crippen molar-refractivity contribution < 1.29 is 14.6 Å². The monoisotopic (exact) mass is 259 g/mol. The molecule has 0 radical (unpaired) electrons. The van der Waals surface area contributed by atoms with Crippen LogP contribution >= 0.6 is 0 Å². The van der Waals surface area contributed by atoms with E-state index in [0.29, 0.717) is 6.54 Å². The summed E-state index contributed by atoms with van der Waals surface area (Å²) < 4.78 is 5.45. The minimum atomic E-state index is -0.748. The van der Waals surface area contributed by atoms with Crippen molar-refractivity contribution in [3.63, 3.8) is 0 Å². The molecule has 0 heterocycles. The number of carboxylic acid groups (broad SMARTS) is 1. The number of aliphatic carboxylic acids is 1. The number of methoxy groups -OCH3 is 1. The Morgan fingerprint density at radius 3 is 2.11 bits per heavy atom. The topological polar surface area (TPSA) is 49.8 Å². The summed E-state index contributed by atoms with van der Waals surface area (Å²) in [6.07, 6.45) is 1.05. The second kappa shape index (κ2) is 6.53. The molecule has 0 aliphatic heterocycles. The molecule has 0 aromatic rings. The van der Waals surface area contributed by atoms with Gasteiger partial charge in [0.25, 0.3) is 0 Å². The van der Waals surface area contributed by atoms with Crippen LogP contribution in [0.1, 0.15) is 54.4 Å². The van der Waals surface area contributed by atoms with Crippen LogP contribution in [0.5, 0.6) is 0 Å². The molecule has 108 valence electrons. The van der Waals surface area contributed by atoms with E-state index < -0.39 is 5.97 Å². The van der Waals surface area contributed by atoms with Crippen LogP contribution in [-0.4, -0.2) is 46.8 Å². The van der Waals surface area contributed by atoms with Gasteiger partial charge in [-0.2, -0.15) is 0 Å². The largest absolute Gasteiger partial charge is 0.481 e. The molecule has 18 heavy (non-hydrogen) atoms. The van der Waals surface area contributed by atoms with E-state index in [9.17, 15) is 4.79 Å². The fourth-order valence-corrected chi connectivity index (χ4v) is 2.34. The van der Waals surface area contributed by atoms with Crippen LogP contribution in [0.3, 0.4) is 0 Å². The van der Waals surface area contributed by atoms with Crippen molar-refractivity contribution in [2.45, 2.75) is 71.6 Å². The molecule has 0 amide bonds. The number of rotatable bonds is 7. The minimum Gasteiger partial charge on any atom is -0.481 e. The van der Waals surface area contributed by atoms with Crippen LogP contribution in [0.4, 0.5) is 0 Å². The van der Waals surface area contributed by atoms with Crippen molar-refractivity contribution in [2.75, 3.05) is 13.7 Å². The Morgan fingerprint density at radius 2 is 1.78 bits per heavy atom. The zero-order chi connectivity index (χ0) is 14.6. The highest BCUT2D eigenvalue weighted by atomic mass is 16.5. The van der Waals surface area contributed by atoms with Crippen LogP contribution in [0.2, 0.25) is 0 Å². The van der Waals surface area contributed by atoms with Crippen LogP contribution in [0.15, 0.2) is 0 Å². The van der Waals surface area contributed by atoms with Crippen molar-refractivity contribution in [1.29, 1.82) is 0 Å². The maximum atomic E-state index is 10.7. The molecule has 4 nitrogen and oxygen atoms in total. The van der Waals surface area contributed by atoms with Gasteiger partial charge in [-0.1, -0.05) is 0 Å². The number of carboxylic acids is 1. The average molecular weight is 259 g/mol. The first kappa shape index (κ1) is 17.4. The molecule has 0 spiro atoms. The van der Waals surface area contributed by atoms with Crippen molar-refractivity contribution in [3.8, 4) is 0 Å². The van der Waals surface area contributed by atoms with Crippen LogP contribution in [0.25, 0.3) is 0 Å². The van der Waals surface area contributed by atoms with Crippen LogP contribution in [-0.2, 0) is 9.53 Å². The summed E-state index contributed by atoms with van der Waals surface area (Å²) in [5.41, 5.74) is -0.231. The van der Waals surface area contributed by atoms with Gasteiger partial charge in [0, 0.05) is 25.2 Å². The number of hydrogen-bond donors (Lipinski definition) is 1. The lowest BCUT2D eigenvalue weighted by atomic mass is 9.94. The number of carbonyl (C=O) groups is 1. The first-order valence-electron chi connectivity index (χ1n) is 6.53. The van der Waals surface area contributed by atoms with Gasteiger partial charge in [0.1, 0.15) is 0 Å². The predicted molar refractivity (Wildman–Crippen MR) is 73.9 cm³/mol. The van der Waals surface area contributed by atoms with Gasteiger partial charge in [-0.3, -0.25) is 9.69 Å². The van der Waals surface area contributed by atoms with Crippen molar-refractivity contribution in [3.05, 3.63) is 0 Å². The van der Waals surface area contributed by atoms with E-state index in [1.165, 1.54) is 0 Å². The van der Waals surface area contributed by atoms with Gasteiger partial charge in [-0.15, -0.1) is 0 Å². The molecule has 0 rings (SSSR count). The molecular weight excluding hydrogens is 230 g/mol. The predicted octanol–water partition coefficient (Wildman–Crippen LogP) is 2.77. The van der Waals surface area contributed by atoms with Crippen molar-refractivity contribution in [1.82, 2.24) is 4.90 Å². The lowest BCUT2D eigenvalue weighted by Gasteiger charge is -2.42. The van der Waals surface area contributed by atoms with Gasteiger partial charge >= 0.3 is 5.97 Å². The highest BCUT2D eigenvalue weighted by Gasteiger charge is 2.30. The zero-order valence-corrected chi connectivity index (χ0v) is 12.9. The second-order valence-electron chi connectivity index (χ2n) is 6.52. The summed E-state index contributed by atoms with van der Waals surface area (Å²) in [7, 11) is 1.71. The summed E-state index contributed by atoms with van der Waals surface area (Å²) in [5.74, 6) is -0.748. The molecule has 0 aromatic carbocycles. The lowest BCUT2D eigenvalue weighted by molar-refractivity contribution is -0.137. The van der Waals surface area contributed by atoms with Crippen LogP contribution in [0, 0.1) is 0 Å². The molecule has 0 aliphatic rings. The molecule has 0 saturated carbocycles. The van der Waals surface area contributed by atoms with Gasteiger partial charge in [-0.05, 0) is 48.0 Å². The SMILES string of the molecule is COC(C)(C)CC(C)N(CCC(=O)O)C(C)(C)C. The Labute approximate surface area is 111 Å². The summed E-state index contributed by atoms with van der Waals surface area (Å²) in [6, 6.07) is 0.277. The average Bonchev–Trinajstić information content (AvgIpc) is 2.14. The van der Waals surface area contributed by atoms with E-state index in [2.05, 4.69) is 46.4 Å². The Bertz CT molecular complexity index is 269. The van der Waals surface area contributed by atoms with Gasteiger partial charge in [0.15, 0.2) is 0 Å². The van der Waals surface area contributed by atoms with Gasteiger partial charge in [0.05, 0.1) is 12.0 Å². The lowest BCUT2D eigenvalue weighted by Crippen LogP contribution is -2.50.